The van der Waals surface area contributed by atoms with E-state index >= 15 is 0 Å². The molecule has 0 radical (unpaired) electrons. The zero-order chi connectivity index (χ0) is 13.2. The Morgan fingerprint density at radius 2 is 2.00 bits per heavy atom. The molecule has 0 unspecified atom stereocenters. The van der Waals surface area contributed by atoms with Crippen LogP contribution in [0.5, 0.6) is 0 Å². The molecule has 5 nitrogen and oxygen atoms in total. The molecule has 0 saturated heterocycles. The largest absolute Gasteiger partial charge is 0.372 e. The fraction of sp³-hybridized carbons (Fsp3) is 0.167. The highest BCUT2D eigenvalue weighted by Crippen LogP contribution is 2.21. The average molecular weight is 263 g/mol. The molecule has 94 valence electrons. The summed E-state index contributed by atoms with van der Waals surface area (Å²) < 4.78 is 23.0. The maximum atomic E-state index is 11.5. The van der Waals surface area contributed by atoms with Gasteiger partial charge in [0, 0.05) is 18.9 Å². The highest BCUT2D eigenvalue weighted by molar-refractivity contribution is 7.90. The van der Waals surface area contributed by atoms with Crippen molar-refractivity contribution in [3.05, 3.63) is 36.7 Å². The predicted octanol–water partition coefficient (Wildman–Crippen LogP) is 1.59. The third kappa shape index (κ3) is 2.65. The summed E-state index contributed by atoms with van der Waals surface area (Å²) in [6.45, 7) is 0. The fourth-order valence-corrected chi connectivity index (χ4v) is 2.18. The molecule has 0 spiro atoms. The van der Waals surface area contributed by atoms with Crippen molar-refractivity contribution in [1.29, 1.82) is 0 Å². The number of aromatic nitrogens is 2. The van der Waals surface area contributed by atoms with E-state index in [1.54, 1.807) is 43.7 Å². The van der Waals surface area contributed by atoms with Gasteiger partial charge in [-0.15, -0.1) is 0 Å². The molecule has 0 amide bonds. The van der Waals surface area contributed by atoms with Gasteiger partial charge in [0.05, 0.1) is 23.0 Å². The SMILES string of the molecule is CNc1cncc(-c2cccc(S(C)(=O)=O)c2)n1. The second kappa shape index (κ2) is 4.73. The Bertz CT molecular complexity index is 669. The Morgan fingerprint density at radius 1 is 1.22 bits per heavy atom. The molecule has 0 fully saturated rings. The monoisotopic (exact) mass is 263 g/mol. The number of hydrogen-bond donors (Lipinski definition) is 1. The molecular weight excluding hydrogens is 250 g/mol. The van der Waals surface area contributed by atoms with Crippen molar-refractivity contribution in [2.75, 3.05) is 18.6 Å². The van der Waals surface area contributed by atoms with Crippen LogP contribution in [0.1, 0.15) is 0 Å². The number of anilines is 1. The van der Waals surface area contributed by atoms with Gasteiger partial charge in [0.2, 0.25) is 0 Å². The van der Waals surface area contributed by atoms with Crippen molar-refractivity contribution in [3.8, 4) is 11.3 Å². The van der Waals surface area contributed by atoms with Crippen molar-refractivity contribution in [2.45, 2.75) is 4.90 Å². The average Bonchev–Trinajstić information content (AvgIpc) is 2.38. The summed E-state index contributed by atoms with van der Waals surface area (Å²) in [7, 11) is -1.46. The molecule has 1 aromatic heterocycles. The first-order valence-electron chi connectivity index (χ1n) is 5.31. The second-order valence-corrected chi connectivity index (χ2v) is 5.86. The van der Waals surface area contributed by atoms with Crippen LogP contribution in [-0.4, -0.2) is 31.7 Å². The van der Waals surface area contributed by atoms with Crippen molar-refractivity contribution < 1.29 is 8.42 Å². The number of nitrogens with zero attached hydrogens (tertiary/aromatic N) is 2. The predicted molar refractivity (Wildman–Crippen MR) is 70.1 cm³/mol. The minimum absolute atomic E-state index is 0.275. The molecule has 6 heteroatoms. The Hall–Kier alpha value is -1.95. The van der Waals surface area contributed by atoms with Gasteiger partial charge in [-0.3, -0.25) is 4.98 Å². The smallest absolute Gasteiger partial charge is 0.175 e. The lowest BCUT2D eigenvalue weighted by atomic mass is 10.2. The summed E-state index contributed by atoms with van der Waals surface area (Å²) in [5.74, 6) is 0.636. The third-order valence-electron chi connectivity index (χ3n) is 2.45. The highest BCUT2D eigenvalue weighted by atomic mass is 32.2. The maximum absolute atomic E-state index is 11.5. The molecule has 0 bridgehead atoms. The van der Waals surface area contributed by atoms with Gasteiger partial charge < -0.3 is 5.32 Å². The number of sulfone groups is 1. The van der Waals surface area contributed by atoms with Crippen molar-refractivity contribution in [3.63, 3.8) is 0 Å². The van der Waals surface area contributed by atoms with Gasteiger partial charge in [-0.05, 0) is 12.1 Å². The summed E-state index contributed by atoms with van der Waals surface area (Å²) in [5, 5.41) is 2.89. The Kier molecular flexibility index (Phi) is 3.29. The summed E-state index contributed by atoms with van der Waals surface area (Å²) in [5.41, 5.74) is 1.36. The highest BCUT2D eigenvalue weighted by Gasteiger charge is 2.09. The minimum atomic E-state index is -3.21. The van der Waals surface area contributed by atoms with Crippen molar-refractivity contribution >= 4 is 15.7 Å². The van der Waals surface area contributed by atoms with Gasteiger partial charge >= 0.3 is 0 Å². The molecule has 1 N–H and O–H groups in total. The van der Waals surface area contributed by atoms with E-state index < -0.39 is 9.84 Å². The normalized spacial score (nSPS) is 11.2. The van der Waals surface area contributed by atoms with E-state index in [9.17, 15) is 8.42 Å². The molecule has 1 aromatic carbocycles. The van der Waals surface area contributed by atoms with Crippen LogP contribution in [0.3, 0.4) is 0 Å². The van der Waals surface area contributed by atoms with E-state index in [2.05, 4.69) is 15.3 Å². The lowest BCUT2D eigenvalue weighted by Gasteiger charge is -2.05. The van der Waals surface area contributed by atoms with Crippen LogP contribution in [0.4, 0.5) is 5.82 Å². The van der Waals surface area contributed by atoms with Crippen LogP contribution in [0, 0.1) is 0 Å². The van der Waals surface area contributed by atoms with Gasteiger partial charge in [0.25, 0.3) is 0 Å². The van der Waals surface area contributed by atoms with E-state index in [1.165, 1.54) is 6.26 Å². The number of benzene rings is 1. The topological polar surface area (TPSA) is 72.0 Å². The zero-order valence-corrected chi connectivity index (χ0v) is 10.9. The second-order valence-electron chi connectivity index (χ2n) is 3.84. The van der Waals surface area contributed by atoms with Gasteiger partial charge in [-0.1, -0.05) is 12.1 Å². The van der Waals surface area contributed by atoms with E-state index in [0.29, 0.717) is 11.5 Å². The van der Waals surface area contributed by atoms with Gasteiger partial charge in [-0.25, -0.2) is 13.4 Å². The summed E-state index contributed by atoms with van der Waals surface area (Å²) >= 11 is 0. The lowest BCUT2D eigenvalue weighted by Crippen LogP contribution is -1.98. The Balaban J connectivity index is 2.51. The molecule has 2 rings (SSSR count). The quantitative estimate of drug-likeness (QED) is 0.910. The zero-order valence-electron chi connectivity index (χ0n) is 10.1. The van der Waals surface area contributed by atoms with Gasteiger partial charge in [0.15, 0.2) is 9.84 Å². The van der Waals surface area contributed by atoms with Gasteiger partial charge in [-0.2, -0.15) is 0 Å². The van der Waals surface area contributed by atoms with Gasteiger partial charge in [0.1, 0.15) is 5.82 Å². The number of nitrogens with one attached hydrogen (secondary N) is 1. The Morgan fingerprint density at radius 3 is 2.67 bits per heavy atom. The molecule has 0 atom stereocenters. The van der Waals surface area contributed by atoms with Crippen LogP contribution in [-0.2, 0) is 9.84 Å². The third-order valence-corrected chi connectivity index (χ3v) is 3.56. The Labute approximate surface area is 106 Å². The fourth-order valence-electron chi connectivity index (χ4n) is 1.51. The maximum Gasteiger partial charge on any atom is 0.175 e. The molecule has 2 aromatic rings. The van der Waals surface area contributed by atoms with E-state index in [1.807, 2.05) is 0 Å². The molecule has 1 heterocycles. The molecule has 0 aliphatic rings. The van der Waals surface area contributed by atoms with Crippen LogP contribution < -0.4 is 5.32 Å². The number of hydrogen-bond acceptors (Lipinski definition) is 5. The van der Waals surface area contributed by atoms with Crippen molar-refractivity contribution in [1.82, 2.24) is 9.97 Å². The molecule has 0 aliphatic heterocycles. The standard InChI is InChI=1S/C12H13N3O2S/c1-13-12-8-14-7-11(15-12)9-4-3-5-10(6-9)18(2,16)17/h3-8H,1-2H3,(H,13,15). The first kappa shape index (κ1) is 12.5. The number of rotatable bonds is 3. The van der Waals surface area contributed by atoms with Crippen LogP contribution in [0.25, 0.3) is 11.3 Å². The van der Waals surface area contributed by atoms with Crippen LogP contribution in [0.2, 0.25) is 0 Å². The van der Waals surface area contributed by atoms with E-state index in [4.69, 9.17) is 0 Å². The summed E-state index contributed by atoms with van der Waals surface area (Å²) in [4.78, 5) is 8.64. The van der Waals surface area contributed by atoms with Crippen LogP contribution >= 0.6 is 0 Å². The summed E-state index contributed by atoms with van der Waals surface area (Å²) in [6, 6.07) is 6.66. The summed E-state index contributed by atoms with van der Waals surface area (Å²) in [6.07, 6.45) is 4.38. The lowest BCUT2D eigenvalue weighted by molar-refractivity contribution is 0.602. The van der Waals surface area contributed by atoms with E-state index in [0.717, 1.165) is 5.56 Å². The minimum Gasteiger partial charge on any atom is -0.372 e. The molecular formula is C12H13N3O2S. The van der Waals surface area contributed by atoms with Crippen LogP contribution in [0.15, 0.2) is 41.6 Å². The van der Waals surface area contributed by atoms with E-state index in [-0.39, 0.29) is 4.90 Å². The molecule has 0 aliphatic carbocycles. The first-order valence-corrected chi connectivity index (χ1v) is 7.20. The molecule has 18 heavy (non-hydrogen) atoms. The molecule has 0 saturated carbocycles. The first-order chi connectivity index (χ1) is 8.50. The van der Waals surface area contributed by atoms with Crippen molar-refractivity contribution in [2.24, 2.45) is 0 Å².